The second kappa shape index (κ2) is 10.8. The van der Waals surface area contributed by atoms with Crippen LogP contribution < -0.4 is 10.1 Å². The van der Waals surface area contributed by atoms with E-state index < -0.39 is 0 Å². The molecule has 0 saturated carbocycles. The molecular weight excluding hydrogens is 466 g/mol. The number of nitrogens with zero attached hydrogens (tertiary/aromatic N) is 2. The molecule has 5 aromatic rings. The lowest BCUT2D eigenvalue weighted by Gasteiger charge is -2.10. The van der Waals surface area contributed by atoms with Crippen LogP contribution in [-0.4, -0.2) is 29.7 Å². The number of carbonyl (C=O) groups is 1. The first-order valence-electron chi connectivity index (χ1n) is 11.9. The lowest BCUT2D eigenvalue weighted by Crippen LogP contribution is -1.98. The van der Waals surface area contributed by atoms with Gasteiger partial charge in [-0.15, -0.1) is 0 Å². The molecule has 0 radical (unpaired) electrons. The zero-order valence-electron chi connectivity index (χ0n) is 20.5. The van der Waals surface area contributed by atoms with Gasteiger partial charge >= 0.3 is 5.97 Å². The van der Waals surface area contributed by atoms with Gasteiger partial charge < -0.3 is 19.2 Å². The SMILES string of the molecule is CCOC(=O)/C=C/c1cccc(Nc2ncnc3oc(-c4ccccc4)c(-c4ccc(OC)cc4)c23)c1. The highest BCUT2D eigenvalue weighted by Gasteiger charge is 2.22. The van der Waals surface area contributed by atoms with Crippen LogP contribution in [0.1, 0.15) is 12.5 Å². The number of benzene rings is 3. The topological polar surface area (TPSA) is 86.5 Å². The molecule has 7 nitrogen and oxygen atoms in total. The Balaban J connectivity index is 1.60. The number of ether oxygens (including phenoxy) is 2. The summed E-state index contributed by atoms with van der Waals surface area (Å²) in [6, 6.07) is 25.4. The molecule has 0 amide bonds. The van der Waals surface area contributed by atoms with Crippen LogP contribution in [0.15, 0.2) is 95.7 Å². The third kappa shape index (κ3) is 5.21. The van der Waals surface area contributed by atoms with E-state index in [2.05, 4.69) is 15.3 Å². The van der Waals surface area contributed by atoms with Crippen molar-refractivity contribution in [2.24, 2.45) is 0 Å². The lowest BCUT2D eigenvalue weighted by atomic mass is 9.99. The number of hydrogen-bond acceptors (Lipinski definition) is 7. The van der Waals surface area contributed by atoms with Crippen LogP contribution in [0.3, 0.4) is 0 Å². The molecule has 2 heterocycles. The molecule has 0 spiro atoms. The van der Waals surface area contributed by atoms with Crippen molar-refractivity contribution in [2.75, 3.05) is 19.0 Å². The third-order valence-electron chi connectivity index (χ3n) is 5.75. The fourth-order valence-electron chi connectivity index (χ4n) is 4.07. The standard InChI is InChI=1S/C30H25N3O4/c1-3-36-25(34)17-12-20-8-7-11-23(18-20)33-29-27-26(21-13-15-24(35-2)16-14-21)28(22-9-5-4-6-10-22)37-30(27)32-19-31-29/h4-19H,3H2,1-2H3,(H,31,32,33)/b17-12+. The lowest BCUT2D eigenvalue weighted by molar-refractivity contribution is -0.137. The first kappa shape index (κ1) is 23.8. The summed E-state index contributed by atoms with van der Waals surface area (Å²) in [4.78, 5) is 20.7. The second-order valence-electron chi connectivity index (χ2n) is 8.14. The first-order valence-corrected chi connectivity index (χ1v) is 11.9. The molecule has 0 fully saturated rings. The number of hydrogen-bond donors (Lipinski definition) is 1. The number of fused-ring (bicyclic) bond motifs is 1. The number of anilines is 2. The molecule has 0 saturated heterocycles. The molecule has 0 aliphatic carbocycles. The quantitative estimate of drug-likeness (QED) is 0.187. The van der Waals surface area contributed by atoms with Crippen LogP contribution in [0.2, 0.25) is 0 Å². The van der Waals surface area contributed by atoms with Crippen molar-refractivity contribution in [3.05, 3.63) is 96.8 Å². The van der Waals surface area contributed by atoms with Crippen molar-refractivity contribution in [2.45, 2.75) is 6.92 Å². The van der Waals surface area contributed by atoms with Gasteiger partial charge in [0.15, 0.2) is 0 Å². The van der Waals surface area contributed by atoms with Gasteiger partial charge in [0, 0.05) is 22.9 Å². The van der Waals surface area contributed by atoms with Crippen molar-refractivity contribution < 1.29 is 18.7 Å². The monoisotopic (exact) mass is 491 g/mol. The number of methoxy groups -OCH3 is 1. The predicted octanol–water partition coefficient (Wildman–Crippen LogP) is 6.89. The largest absolute Gasteiger partial charge is 0.497 e. The maximum atomic E-state index is 11.7. The van der Waals surface area contributed by atoms with E-state index >= 15 is 0 Å². The number of carbonyl (C=O) groups excluding carboxylic acids is 1. The summed E-state index contributed by atoms with van der Waals surface area (Å²) in [6.07, 6.45) is 4.60. The van der Waals surface area contributed by atoms with E-state index in [0.717, 1.165) is 39.1 Å². The minimum absolute atomic E-state index is 0.334. The van der Waals surface area contributed by atoms with E-state index in [4.69, 9.17) is 13.9 Å². The fraction of sp³-hybridized carbons (Fsp3) is 0.100. The Hall–Kier alpha value is -4.91. The molecule has 0 aliphatic heterocycles. The van der Waals surface area contributed by atoms with Crippen LogP contribution in [0, 0.1) is 0 Å². The van der Waals surface area contributed by atoms with Crippen molar-refractivity contribution >= 4 is 34.7 Å². The summed E-state index contributed by atoms with van der Waals surface area (Å²) < 4.78 is 16.6. The zero-order chi connectivity index (χ0) is 25.6. The molecule has 0 aliphatic rings. The molecule has 0 atom stereocenters. The van der Waals surface area contributed by atoms with Gasteiger partial charge in [0.2, 0.25) is 5.71 Å². The van der Waals surface area contributed by atoms with Gasteiger partial charge in [0.1, 0.15) is 23.7 Å². The van der Waals surface area contributed by atoms with E-state index in [-0.39, 0.29) is 5.97 Å². The number of esters is 1. The number of nitrogens with one attached hydrogen (secondary N) is 1. The predicted molar refractivity (Wildman–Crippen MR) is 145 cm³/mol. The third-order valence-corrected chi connectivity index (χ3v) is 5.75. The van der Waals surface area contributed by atoms with Crippen LogP contribution >= 0.6 is 0 Å². The van der Waals surface area contributed by atoms with Crippen LogP contribution in [0.5, 0.6) is 5.75 Å². The Bertz CT molecular complexity index is 1560. The van der Waals surface area contributed by atoms with Crippen molar-refractivity contribution in [1.29, 1.82) is 0 Å². The highest BCUT2D eigenvalue weighted by molar-refractivity contribution is 6.06. The van der Waals surface area contributed by atoms with Crippen molar-refractivity contribution in [3.63, 3.8) is 0 Å². The summed E-state index contributed by atoms with van der Waals surface area (Å²) in [5, 5.41) is 4.17. The molecule has 37 heavy (non-hydrogen) atoms. The molecule has 0 bridgehead atoms. The summed E-state index contributed by atoms with van der Waals surface area (Å²) >= 11 is 0. The van der Waals surface area contributed by atoms with Crippen LogP contribution in [0.4, 0.5) is 11.5 Å². The Kier molecular flexibility index (Phi) is 6.94. The summed E-state index contributed by atoms with van der Waals surface area (Å²) in [5.41, 5.74) is 4.88. The molecule has 5 rings (SSSR count). The van der Waals surface area contributed by atoms with Gasteiger partial charge in [-0.05, 0) is 48.4 Å². The van der Waals surface area contributed by atoms with Crippen molar-refractivity contribution in [3.8, 4) is 28.2 Å². The average molecular weight is 492 g/mol. The maximum absolute atomic E-state index is 11.7. The van der Waals surface area contributed by atoms with Gasteiger partial charge in [-0.3, -0.25) is 0 Å². The van der Waals surface area contributed by atoms with E-state index in [0.29, 0.717) is 23.9 Å². The first-order chi connectivity index (χ1) is 18.2. The van der Waals surface area contributed by atoms with E-state index in [1.807, 2.05) is 78.9 Å². The summed E-state index contributed by atoms with van der Waals surface area (Å²) in [7, 11) is 1.64. The minimum Gasteiger partial charge on any atom is -0.497 e. The second-order valence-corrected chi connectivity index (χ2v) is 8.14. The number of rotatable bonds is 8. The van der Waals surface area contributed by atoms with Crippen molar-refractivity contribution in [1.82, 2.24) is 9.97 Å². The van der Waals surface area contributed by atoms with Crippen LogP contribution in [0.25, 0.3) is 39.6 Å². The summed E-state index contributed by atoms with van der Waals surface area (Å²) in [5.74, 6) is 1.69. The van der Waals surface area contributed by atoms with E-state index in [9.17, 15) is 4.79 Å². The highest BCUT2D eigenvalue weighted by atomic mass is 16.5. The smallest absolute Gasteiger partial charge is 0.330 e. The van der Waals surface area contributed by atoms with Crippen LogP contribution in [-0.2, 0) is 9.53 Å². The molecule has 1 N–H and O–H groups in total. The Labute approximate surface area is 214 Å². The number of furan rings is 1. The van der Waals surface area contributed by atoms with Gasteiger partial charge in [0.05, 0.1) is 19.1 Å². The minimum atomic E-state index is -0.380. The summed E-state index contributed by atoms with van der Waals surface area (Å²) in [6.45, 7) is 2.11. The molecule has 184 valence electrons. The van der Waals surface area contributed by atoms with Gasteiger partial charge in [-0.25, -0.2) is 14.8 Å². The highest BCUT2D eigenvalue weighted by Crippen LogP contribution is 2.43. The Morgan fingerprint density at radius 2 is 1.78 bits per heavy atom. The zero-order valence-corrected chi connectivity index (χ0v) is 20.5. The molecular formula is C30H25N3O4. The van der Waals surface area contributed by atoms with Gasteiger partial charge in [-0.1, -0.05) is 54.6 Å². The molecule has 2 aromatic heterocycles. The Morgan fingerprint density at radius 3 is 2.54 bits per heavy atom. The number of aromatic nitrogens is 2. The van der Waals surface area contributed by atoms with Gasteiger partial charge in [-0.2, -0.15) is 0 Å². The van der Waals surface area contributed by atoms with E-state index in [1.165, 1.54) is 12.4 Å². The average Bonchev–Trinajstić information content (AvgIpc) is 3.34. The van der Waals surface area contributed by atoms with E-state index in [1.54, 1.807) is 20.1 Å². The molecule has 7 heteroatoms. The molecule has 0 unspecified atom stereocenters. The Morgan fingerprint density at radius 1 is 0.973 bits per heavy atom. The molecule has 3 aromatic carbocycles. The van der Waals surface area contributed by atoms with Gasteiger partial charge in [0.25, 0.3) is 0 Å². The fourth-order valence-corrected chi connectivity index (χ4v) is 4.07. The maximum Gasteiger partial charge on any atom is 0.330 e. The normalized spacial score (nSPS) is 11.1.